The summed E-state index contributed by atoms with van der Waals surface area (Å²) in [4.78, 5) is 38.8. The van der Waals surface area contributed by atoms with E-state index in [0.717, 1.165) is 5.75 Å². The number of imide groups is 1. The van der Waals surface area contributed by atoms with Crippen LogP contribution in [0.15, 0.2) is 78.9 Å². The second-order valence-electron chi connectivity index (χ2n) is 7.80. The van der Waals surface area contributed by atoms with E-state index in [0.29, 0.717) is 35.2 Å². The van der Waals surface area contributed by atoms with Crippen molar-refractivity contribution < 1.29 is 23.9 Å². The van der Waals surface area contributed by atoms with E-state index in [4.69, 9.17) is 9.47 Å². The van der Waals surface area contributed by atoms with E-state index in [9.17, 15) is 14.4 Å². The molecule has 3 amide bonds. The summed E-state index contributed by atoms with van der Waals surface area (Å²) < 4.78 is 11.2. The number of benzene rings is 3. The first-order valence-corrected chi connectivity index (χ1v) is 12.4. The standard InChI is InChI=1S/C27H26N2O5S/c1-2-33-21-14-10-20(11-15-21)29-26(31)18-24(27(29)32)35-17-16-25(30)28-19-8-12-23(13-9-19)34-22-6-4-3-5-7-22/h3-15,24H,2,16-18H2,1H3,(H,28,30). The van der Waals surface area contributed by atoms with E-state index >= 15 is 0 Å². The normalized spacial score (nSPS) is 15.2. The van der Waals surface area contributed by atoms with Crippen molar-refractivity contribution in [2.45, 2.75) is 25.0 Å². The number of amides is 3. The van der Waals surface area contributed by atoms with Crippen molar-refractivity contribution in [1.82, 2.24) is 0 Å². The van der Waals surface area contributed by atoms with Crippen LogP contribution in [0.5, 0.6) is 17.2 Å². The fraction of sp³-hybridized carbons (Fsp3) is 0.222. The maximum Gasteiger partial charge on any atom is 0.247 e. The number of hydrogen-bond donors (Lipinski definition) is 1. The van der Waals surface area contributed by atoms with Gasteiger partial charge >= 0.3 is 0 Å². The number of rotatable bonds is 10. The van der Waals surface area contributed by atoms with Crippen molar-refractivity contribution in [2.24, 2.45) is 0 Å². The van der Waals surface area contributed by atoms with Gasteiger partial charge in [0.25, 0.3) is 0 Å². The third-order valence-corrected chi connectivity index (χ3v) is 6.49. The lowest BCUT2D eigenvalue weighted by molar-refractivity contribution is -0.121. The molecule has 1 aliphatic rings. The lowest BCUT2D eigenvalue weighted by Gasteiger charge is -2.15. The van der Waals surface area contributed by atoms with Crippen molar-refractivity contribution in [1.29, 1.82) is 0 Å². The van der Waals surface area contributed by atoms with Gasteiger partial charge in [0.15, 0.2) is 0 Å². The van der Waals surface area contributed by atoms with Crippen molar-refractivity contribution in [3.05, 3.63) is 78.9 Å². The number of hydrogen-bond acceptors (Lipinski definition) is 6. The highest BCUT2D eigenvalue weighted by atomic mass is 32.2. The molecule has 1 N–H and O–H groups in total. The second kappa shape index (κ2) is 11.6. The molecule has 8 heteroatoms. The van der Waals surface area contributed by atoms with Gasteiger partial charge in [0.1, 0.15) is 17.2 Å². The van der Waals surface area contributed by atoms with Gasteiger partial charge in [-0.1, -0.05) is 18.2 Å². The summed E-state index contributed by atoms with van der Waals surface area (Å²) in [5.74, 6) is 1.88. The second-order valence-corrected chi connectivity index (χ2v) is 9.11. The van der Waals surface area contributed by atoms with Crippen molar-refractivity contribution >= 4 is 40.9 Å². The highest BCUT2D eigenvalue weighted by Crippen LogP contribution is 2.31. The molecule has 4 rings (SSSR count). The molecule has 1 unspecified atom stereocenters. The predicted octanol–water partition coefficient (Wildman–Crippen LogP) is 5.27. The molecule has 3 aromatic carbocycles. The highest BCUT2D eigenvalue weighted by Gasteiger charge is 2.39. The van der Waals surface area contributed by atoms with Crippen LogP contribution in [0, 0.1) is 0 Å². The Bertz CT molecular complexity index is 1170. The number of para-hydroxylation sites is 1. The highest BCUT2D eigenvalue weighted by molar-refractivity contribution is 8.00. The SMILES string of the molecule is CCOc1ccc(N2C(=O)CC(SCCC(=O)Nc3ccc(Oc4ccccc4)cc3)C2=O)cc1. The smallest absolute Gasteiger partial charge is 0.247 e. The van der Waals surface area contributed by atoms with Crippen LogP contribution in [0.4, 0.5) is 11.4 Å². The fourth-order valence-electron chi connectivity index (χ4n) is 3.61. The molecule has 0 spiro atoms. The summed E-state index contributed by atoms with van der Waals surface area (Å²) in [5, 5.41) is 2.36. The monoisotopic (exact) mass is 490 g/mol. The zero-order chi connectivity index (χ0) is 24.6. The molecule has 0 radical (unpaired) electrons. The Kier molecular flexibility index (Phi) is 8.05. The predicted molar refractivity (Wildman–Crippen MR) is 137 cm³/mol. The molecule has 1 aliphatic heterocycles. The first-order valence-electron chi connectivity index (χ1n) is 11.4. The van der Waals surface area contributed by atoms with Crippen LogP contribution in [0.1, 0.15) is 19.8 Å². The van der Waals surface area contributed by atoms with Gasteiger partial charge in [-0.25, -0.2) is 4.90 Å². The van der Waals surface area contributed by atoms with Gasteiger partial charge in [0.05, 0.1) is 17.5 Å². The lowest BCUT2D eigenvalue weighted by Crippen LogP contribution is -2.31. The molecule has 1 fully saturated rings. The Morgan fingerprint density at radius 3 is 2.29 bits per heavy atom. The van der Waals surface area contributed by atoms with Gasteiger partial charge in [-0.2, -0.15) is 0 Å². The van der Waals surface area contributed by atoms with E-state index in [1.54, 1.807) is 48.5 Å². The van der Waals surface area contributed by atoms with Crippen LogP contribution >= 0.6 is 11.8 Å². The van der Waals surface area contributed by atoms with Gasteiger partial charge < -0.3 is 14.8 Å². The summed E-state index contributed by atoms with van der Waals surface area (Å²) in [7, 11) is 0. The number of anilines is 2. The molecule has 0 saturated carbocycles. The minimum absolute atomic E-state index is 0.126. The Morgan fingerprint density at radius 2 is 1.60 bits per heavy atom. The summed E-state index contributed by atoms with van der Waals surface area (Å²) in [6.45, 7) is 2.43. The summed E-state index contributed by atoms with van der Waals surface area (Å²) in [5.41, 5.74) is 1.19. The minimum Gasteiger partial charge on any atom is -0.494 e. The van der Waals surface area contributed by atoms with E-state index in [1.807, 2.05) is 37.3 Å². The molecular weight excluding hydrogens is 464 g/mol. The van der Waals surface area contributed by atoms with E-state index in [2.05, 4.69) is 5.32 Å². The lowest BCUT2D eigenvalue weighted by atomic mass is 10.3. The van der Waals surface area contributed by atoms with E-state index < -0.39 is 5.25 Å². The molecule has 0 aromatic heterocycles. The molecular formula is C27H26N2O5S. The summed E-state index contributed by atoms with van der Waals surface area (Å²) >= 11 is 1.33. The number of nitrogens with one attached hydrogen (secondary N) is 1. The Balaban J connectivity index is 1.23. The minimum atomic E-state index is -0.490. The molecule has 0 bridgehead atoms. The topological polar surface area (TPSA) is 84.9 Å². The molecule has 1 saturated heterocycles. The molecule has 180 valence electrons. The zero-order valence-electron chi connectivity index (χ0n) is 19.3. The fourth-order valence-corrected chi connectivity index (χ4v) is 4.71. The largest absolute Gasteiger partial charge is 0.494 e. The van der Waals surface area contributed by atoms with E-state index in [-0.39, 0.29) is 30.6 Å². The van der Waals surface area contributed by atoms with E-state index in [1.165, 1.54) is 16.7 Å². The van der Waals surface area contributed by atoms with Crippen LogP contribution in [-0.2, 0) is 14.4 Å². The first kappa shape index (κ1) is 24.3. The van der Waals surface area contributed by atoms with Crippen LogP contribution in [-0.4, -0.2) is 35.3 Å². The number of carbonyl (C=O) groups excluding carboxylic acids is 3. The van der Waals surface area contributed by atoms with Crippen LogP contribution in [0.2, 0.25) is 0 Å². The quantitative estimate of drug-likeness (QED) is 0.390. The number of thioether (sulfide) groups is 1. The number of ether oxygens (including phenoxy) is 2. The van der Waals surface area contributed by atoms with Gasteiger partial charge in [0.2, 0.25) is 17.7 Å². The molecule has 7 nitrogen and oxygen atoms in total. The van der Waals surface area contributed by atoms with Crippen molar-refractivity contribution in [3.8, 4) is 17.2 Å². The third kappa shape index (κ3) is 6.42. The molecule has 0 aliphatic carbocycles. The van der Waals surface area contributed by atoms with Crippen LogP contribution in [0.25, 0.3) is 0 Å². The average molecular weight is 491 g/mol. The van der Waals surface area contributed by atoms with Crippen molar-refractivity contribution in [2.75, 3.05) is 22.6 Å². The maximum atomic E-state index is 12.8. The maximum absolute atomic E-state index is 12.8. The van der Waals surface area contributed by atoms with Gasteiger partial charge in [-0.3, -0.25) is 14.4 Å². The van der Waals surface area contributed by atoms with Crippen LogP contribution in [0.3, 0.4) is 0 Å². The molecule has 1 atom stereocenters. The Labute approximate surface area is 208 Å². The van der Waals surface area contributed by atoms with Gasteiger partial charge in [0, 0.05) is 24.3 Å². The Hall–Kier alpha value is -3.78. The van der Waals surface area contributed by atoms with Gasteiger partial charge in [-0.15, -0.1) is 11.8 Å². The van der Waals surface area contributed by atoms with Gasteiger partial charge in [-0.05, 0) is 67.6 Å². The zero-order valence-corrected chi connectivity index (χ0v) is 20.1. The summed E-state index contributed by atoms with van der Waals surface area (Å²) in [6, 6.07) is 23.5. The Morgan fingerprint density at radius 1 is 0.943 bits per heavy atom. The molecule has 35 heavy (non-hydrogen) atoms. The third-order valence-electron chi connectivity index (χ3n) is 5.28. The first-order chi connectivity index (χ1) is 17.0. The number of carbonyl (C=O) groups is 3. The number of nitrogens with zero attached hydrogens (tertiary/aromatic N) is 1. The average Bonchev–Trinajstić information content (AvgIpc) is 3.14. The van der Waals surface area contributed by atoms with Crippen molar-refractivity contribution in [3.63, 3.8) is 0 Å². The molecule has 1 heterocycles. The summed E-state index contributed by atoms with van der Waals surface area (Å²) in [6.07, 6.45) is 0.356. The molecule has 3 aromatic rings. The van der Waals surface area contributed by atoms with Crippen LogP contribution < -0.4 is 19.7 Å².